The Labute approximate surface area is 135 Å². The van der Waals surface area contributed by atoms with Crippen molar-refractivity contribution in [3.05, 3.63) is 40.4 Å². The number of carboxylic acid groups (broad SMARTS) is 1. The van der Waals surface area contributed by atoms with Crippen molar-refractivity contribution >= 4 is 29.2 Å². The molecule has 116 valence electrons. The average Bonchev–Trinajstić information content (AvgIpc) is 2.38. The Bertz CT molecular complexity index is 498. The molecule has 1 N–H and O–H groups in total. The summed E-state index contributed by atoms with van der Waals surface area (Å²) in [6.07, 6.45) is 5.31. The first-order valence-electron chi connectivity index (χ1n) is 6.91. The van der Waals surface area contributed by atoms with E-state index in [0.29, 0.717) is 21.7 Å². The van der Waals surface area contributed by atoms with E-state index in [0.717, 1.165) is 19.3 Å². The van der Waals surface area contributed by atoms with E-state index in [1.807, 2.05) is 6.08 Å². The summed E-state index contributed by atoms with van der Waals surface area (Å²) in [5.41, 5.74) is 0. The number of ether oxygens (including phenoxy) is 1. The molecule has 0 amide bonds. The number of carboxylic acids is 1. The SMILES string of the molecule is CC(C)CCCC=CC(Oc1ccc(Cl)cc1Cl)C(=O)O. The second kappa shape index (κ2) is 8.96. The number of benzene rings is 1. The van der Waals surface area contributed by atoms with Crippen LogP contribution in [-0.2, 0) is 4.79 Å². The predicted molar refractivity (Wildman–Crippen MR) is 86.3 cm³/mol. The van der Waals surface area contributed by atoms with Crippen molar-refractivity contribution in [2.75, 3.05) is 0 Å². The Morgan fingerprint density at radius 2 is 2.10 bits per heavy atom. The number of hydrogen-bond acceptors (Lipinski definition) is 2. The minimum absolute atomic E-state index is 0.293. The summed E-state index contributed by atoms with van der Waals surface area (Å²) < 4.78 is 5.41. The fraction of sp³-hybridized carbons (Fsp3) is 0.438. The molecular formula is C16H20Cl2O3. The molecule has 0 radical (unpaired) electrons. The smallest absolute Gasteiger partial charge is 0.349 e. The van der Waals surface area contributed by atoms with Crippen LogP contribution in [0.2, 0.25) is 10.0 Å². The highest BCUT2D eigenvalue weighted by atomic mass is 35.5. The van der Waals surface area contributed by atoms with Gasteiger partial charge in [0.2, 0.25) is 6.10 Å². The van der Waals surface area contributed by atoms with Crippen LogP contribution in [0.1, 0.15) is 33.1 Å². The topological polar surface area (TPSA) is 46.5 Å². The predicted octanol–water partition coefficient (Wildman–Crippen LogP) is 5.21. The minimum atomic E-state index is -1.05. The number of rotatable bonds is 8. The summed E-state index contributed by atoms with van der Waals surface area (Å²) in [5, 5.41) is 9.95. The molecule has 0 fully saturated rings. The summed E-state index contributed by atoms with van der Waals surface area (Å²) in [6, 6.07) is 4.69. The Morgan fingerprint density at radius 1 is 1.38 bits per heavy atom. The van der Waals surface area contributed by atoms with Gasteiger partial charge in [0.25, 0.3) is 0 Å². The minimum Gasteiger partial charge on any atom is -0.478 e. The van der Waals surface area contributed by atoms with Gasteiger partial charge in [-0.1, -0.05) is 49.5 Å². The molecule has 0 spiro atoms. The molecule has 1 aromatic rings. The van der Waals surface area contributed by atoms with E-state index in [-0.39, 0.29) is 0 Å². The molecular weight excluding hydrogens is 311 g/mol. The molecule has 1 unspecified atom stereocenters. The molecule has 0 saturated carbocycles. The molecule has 1 atom stereocenters. The zero-order valence-corrected chi connectivity index (χ0v) is 13.7. The molecule has 0 aliphatic carbocycles. The Kier molecular flexibility index (Phi) is 7.62. The lowest BCUT2D eigenvalue weighted by Gasteiger charge is -2.13. The highest BCUT2D eigenvalue weighted by molar-refractivity contribution is 6.35. The van der Waals surface area contributed by atoms with Gasteiger partial charge in [0, 0.05) is 5.02 Å². The van der Waals surface area contributed by atoms with E-state index < -0.39 is 12.1 Å². The van der Waals surface area contributed by atoms with Crippen LogP contribution in [0, 0.1) is 5.92 Å². The molecule has 3 nitrogen and oxygen atoms in total. The van der Waals surface area contributed by atoms with Gasteiger partial charge >= 0.3 is 5.97 Å². The Hall–Kier alpha value is -1.19. The summed E-state index contributed by atoms with van der Waals surface area (Å²) >= 11 is 11.8. The highest BCUT2D eigenvalue weighted by Gasteiger charge is 2.17. The molecule has 0 saturated heterocycles. The maximum absolute atomic E-state index is 11.2. The maximum Gasteiger partial charge on any atom is 0.349 e. The van der Waals surface area contributed by atoms with E-state index in [9.17, 15) is 9.90 Å². The van der Waals surface area contributed by atoms with Crippen molar-refractivity contribution < 1.29 is 14.6 Å². The lowest BCUT2D eigenvalue weighted by molar-refractivity contribution is -0.142. The largest absolute Gasteiger partial charge is 0.478 e. The molecule has 0 aliphatic heterocycles. The summed E-state index contributed by atoms with van der Waals surface area (Å²) in [5.74, 6) is -0.0979. The van der Waals surface area contributed by atoms with Crippen LogP contribution in [0.4, 0.5) is 0 Å². The molecule has 1 rings (SSSR count). The number of unbranched alkanes of at least 4 members (excludes halogenated alkanes) is 1. The molecule has 1 aromatic carbocycles. The summed E-state index contributed by atoms with van der Waals surface area (Å²) in [4.78, 5) is 11.2. The van der Waals surface area contributed by atoms with Crippen LogP contribution in [0.5, 0.6) is 5.75 Å². The Balaban J connectivity index is 2.61. The third-order valence-corrected chi connectivity index (χ3v) is 3.38. The van der Waals surface area contributed by atoms with Crippen molar-refractivity contribution in [1.29, 1.82) is 0 Å². The third kappa shape index (κ3) is 6.87. The van der Waals surface area contributed by atoms with E-state index in [1.165, 1.54) is 6.07 Å². The van der Waals surface area contributed by atoms with Crippen LogP contribution in [0.25, 0.3) is 0 Å². The van der Waals surface area contributed by atoms with Crippen molar-refractivity contribution in [3.63, 3.8) is 0 Å². The number of carbonyl (C=O) groups is 1. The summed E-state index contributed by atoms with van der Waals surface area (Å²) in [7, 11) is 0. The summed E-state index contributed by atoms with van der Waals surface area (Å²) in [6.45, 7) is 4.32. The normalized spacial score (nSPS) is 12.8. The van der Waals surface area contributed by atoms with Gasteiger partial charge in [0.1, 0.15) is 5.75 Å². The highest BCUT2D eigenvalue weighted by Crippen LogP contribution is 2.28. The number of hydrogen-bond donors (Lipinski definition) is 1. The molecule has 5 heteroatoms. The number of aliphatic carboxylic acids is 1. The number of halogens is 2. The van der Waals surface area contributed by atoms with Crippen molar-refractivity contribution in [2.45, 2.75) is 39.2 Å². The van der Waals surface area contributed by atoms with Gasteiger partial charge in [-0.15, -0.1) is 0 Å². The lowest BCUT2D eigenvalue weighted by Crippen LogP contribution is -2.24. The first-order valence-corrected chi connectivity index (χ1v) is 7.67. The van der Waals surface area contributed by atoms with Gasteiger partial charge in [-0.25, -0.2) is 4.79 Å². The zero-order valence-electron chi connectivity index (χ0n) is 12.2. The van der Waals surface area contributed by atoms with E-state index in [4.69, 9.17) is 27.9 Å². The average molecular weight is 331 g/mol. The van der Waals surface area contributed by atoms with Gasteiger partial charge in [0.15, 0.2) is 0 Å². The number of allylic oxidation sites excluding steroid dienone is 1. The fourth-order valence-electron chi connectivity index (χ4n) is 1.74. The van der Waals surface area contributed by atoms with Gasteiger partial charge in [-0.05, 0) is 43.0 Å². The lowest BCUT2D eigenvalue weighted by atomic mass is 10.1. The zero-order chi connectivity index (χ0) is 15.8. The monoisotopic (exact) mass is 330 g/mol. The van der Waals surface area contributed by atoms with Crippen LogP contribution in [-0.4, -0.2) is 17.2 Å². The van der Waals surface area contributed by atoms with Crippen molar-refractivity contribution in [2.24, 2.45) is 5.92 Å². The van der Waals surface area contributed by atoms with Gasteiger partial charge in [-0.3, -0.25) is 0 Å². The van der Waals surface area contributed by atoms with E-state index >= 15 is 0 Å². The van der Waals surface area contributed by atoms with Crippen LogP contribution in [0.3, 0.4) is 0 Å². The van der Waals surface area contributed by atoms with Gasteiger partial charge in [-0.2, -0.15) is 0 Å². The van der Waals surface area contributed by atoms with E-state index in [2.05, 4.69) is 13.8 Å². The first-order chi connectivity index (χ1) is 9.90. The molecule has 0 aliphatic rings. The second-order valence-corrected chi connectivity index (χ2v) is 6.05. The molecule has 0 aromatic heterocycles. The first kappa shape index (κ1) is 17.9. The van der Waals surface area contributed by atoms with Crippen LogP contribution >= 0.6 is 23.2 Å². The van der Waals surface area contributed by atoms with Crippen molar-refractivity contribution in [1.82, 2.24) is 0 Å². The van der Waals surface area contributed by atoms with Crippen LogP contribution < -0.4 is 4.74 Å². The fourth-order valence-corrected chi connectivity index (χ4v) is 2.20. The van der Waals surface area contributed by atoms with Crippen molar-refractivity contribution in [3.8, 4) is 5.75 Å². The van der Waals surface area contributed by atoms with Gasteiger partial charge < -0.3 is 9.84 Å². The Morgan fingerprint density at radius 3 is 2.67 bits per heavy atom. The maximum atomic E-state index is 11.2. The standard InChI is InChI=1S/C16H20Cl2O3/c1-11(2)6-4-3-5-7-15(16(19)20)21-14-9-8-12(17)10-13(14)18/h5,7-11,15H,3-4,6H2,1-2H3,(H,19,20). The van der Waals surface area contributed by atoms with E-state index in [1.54, 1.807) is 18.2 Å². The van der Waals surface area contributed by atoms with Crippen LogP contribution in [0.15, 0.2) is 30.4 Å². The third-order valence-electron chi connectivity index (χ3n) is 2.85. The molecule has 21 heavy (non-hydrogen) atoms. The molecule has 0 heterocycles. The molecule has 0 bridgehead atoms. The second-order valence-electron chi connectivity index (χ2n) is 5.20. The van der Waals surface area contributed by atoms with Gasteiger partial charge in [0.05, 0.1) is 5.02 Å². The quantitative estimate of drug-likeness (QED) is 0.525.